The first-order valence-electron chi connectivity index (χ1n) is 11.2. The van der Waals surface area contributed by atoms with Gasteiger partial charge in [0.1, 0.15) is 0 Å². The molecule has 0 unspecified atom stereocenters. The van der Waals surface area contributed by atoms with Crippen molar-refractivity contribution >= 4 is 5.91 Å². The SMILES string of the molecule is CC(C)(C)c1ccc(C(=O)N2CCN(C(c3ccccc3)c3ccccc3)CC2)cc1.[Cl-]. The lowest BCUT2D eigenvalue weighted by Crippen LogP contribution is -3.00. The first kappa shape index (κ1) is 24.0. The van der Waals surface area contributed by atoms with E-state index < -0.39 is 0 Å². The number of carbonyl (C=O) groups is 1. The second-order valence-electron chi connectivity index (χ2n) is 9.38. The van der Waals surface area contributed by atoms with Gasteiger partial charge in [0.2, 0.25) is 0 Å². The van der Waals surface area contributed by atoms with Gasteiger partial charge in [-0.2, -0.15) is 0 Å². The van der Waals surface area contributed by atoms with Crippen molar-refractivity contribution in [2.75, 3.05) is 26.2 Å². The Balaban J connectivity index is 0.00000289. The highest BCUT2D eigenvalue weighted by Gasteiger charge is 2.28. The Labute approximate surface area is 198 Å². The van der Waals surface area contributed by atoms with Crippen LogP contribution >= 0.6 is 0 Å². The van der Waals surface area contributed by atoms with Gasteiger partial charge in [0, 0.05) is 31.7 Å². The highest BCUT2D eigenvalue weighted by atomic mass is 35.5. The van der Waals surface area contributed by atoms with Crippen LogP contribution in [0.3, 0.4) is 0 Å². The summed E-state index contributed by atoms with van der Waals surface area (Å²) in [7, 11) is 0. The van der Waals surface area contributed by atoms with Crippen LogP contribution in [0.5, 0.6) is 0 Å². The second-order valence-corrected chi connectivity index (χ2v) is 9.38. The van der Waals surface area contributed by atoms with Crippen molar-refractivity contribution in [3.8, 4) is 0 Å². The van der Waals surface area contributed by atoms with E-state index in [4.69, 9.17) is 0 Å². The zero-order valence-electron chi connectivity index (χ0n) is 19.2. The molecule has 0 spiro atoms. The molecule has 3 aromatic rings. The van der Waals surface area contributed by atoms with Crippen molar-refractivity contribution in [1.29, 1.82) is 0 Å². The van der Waals surface area contributed by atoms with E-state index in [-0.39, 0.29) is 29.8 Å². The first-order valence-corrected chi connectivity index (χ1v) is 11.2. The number of nitrogens with zero attached hydrogens (tertiary/aromatic N) is 2. The number of carbonyl (C=O) groups excluding carboxylic acids is 1. The predicted molar refractivity (Wildman–Crippen MR) is 127 cm³/mol. The minimum absolute atomic E-state index is 0. The number of hydrogen-bond donors (Lipinski definition) is 0. The maximum atomic E-state index is 13.1. The summed E-state index contributed by atoms with van der Waals surface area (Å²) in [5, 5.41) is 0. The van der Waals surface area contributed by atoms with Crippen molar-refractivity contribution in [1.82, 2.24) is 9.80 Å². The minimum Gasteiger partial charge on any atom is -1.00 e. The summed E-state index contributed by atoms with van der Waals surface area (Å²) in [6.45, 7) is 9.80. The summed E-state index contributed by atoms with van der Waals surface area (Å²) in [6, 6.07) is 29.7. The molecule has 3 aromatic carbocycles. The van der Waals surface area contributed by atoms with Gasteiger partial charge in [0.15, 0.2) is 0 Å². The Bertz CT molecular complexity index is 950. The molecule has 1 fully saturated rings. The molecule has 32 heavy (non-hydrogen) atoms. The third-order valence-electron chi connectivity index (χ3n) is 6.20. The molecule has 1 aliphatic heterocycles. The molecule has 1 heterocycles. The molecule has 0 N–H and O–H groups in total. The molecule has 4 heteroatoms. The second kappa shape index (κ2) is 10.3. The molecule has 168 valence electrons. The standard InChI is InChI=1S/C28H32N2O.ClH/c1-28(2,3)25-16-14-24(15-17-25)27(31)30-20-18-29(19-21-30)26(22-10-6-4-7-11-22)23-12-8-5-9-13-23;/h4-17,26H,18-21H2,1-3H3;1H/p-1. The van der Waals surface area contributed by atoms with Gasteiger partial charge in [0.05, 0.1) is 6.04 Å². The van der Waals surface area contributed by atoms with E-state index in [1.54, 1.807) is 0 Å². The Hall–Kier alpha value is -2.62. The molecule has 1 saturated heterocycles. The van der Waals surface area contributed by atoms with Crippen LogP contribution < -0.4 is 12.4 Å². The summed E-state index contributed by atoms with van der Waals surface area (Å²) in [5.41, 5.74) is 4.72. The number of piperazine rings is 1. The lowest BCUT2D eigenvalue weighted by Gasteiger charge is -2.40. The number of halogens is 1. The van der Waals surface area contributed by atoms with Crippen molar-refractivity contribution < 1.29 is 17.2 Å². The van der Waals surface area contributed by atoms with Crippen molar-refractivity contribution in [2.24, 2.45) is 0 Å². The molecule has 0 bridgehead atoms. The quantitative estimate of drug-likeness (QED) is 0.613. The van der Waals surface area contributed by atoms with Crippen LogP contribution in [0, 0.1) is 0 Å². The minimum atomic E-state index is 0. The molecule has 0 aromatic heterocycles. The summed E-state index contributed by atoms with van der Waals surface area (Å²) in [5.74, 6) is 0.135. The molecule has 4 rings (SSSR count). The number of rotatable bonds is 4. The van der Waals surface area contributed by atoms with E-state index in [2.05, 4.69) is 98.5 Å². The van der Waals surface area contributed by atoms with Crippen LogP contribution in [-0.4, -0.2) is 41.9 Å². The highest BCUT2D eigenvalue weighted by molar-refractivity contribution is 5.94. The van der Waals surface area contributed by atoms with E-state index in [0.29, 0.717) is 0 Å². The molecule has 0 aliphatic carbocycles. The van der Waals surface area contributed by atoms with Crippen LogP contribution in [0.25, 0.3) is 0 Å². The Kier molecular flexibility index (Phi) is 7.76. The van der Waals surface area contributed by atoms with Crippen LogP contribution in [-0.2, 0) is 5.41 Å². The maximum Gasteiger partial charge on any atom is 0.253 e. The first-order chi connectivity index (χ1) is 14.9. The van der Waals surface area contributed by atoms with Gasteiger partial charge in [-0.3, -0.25) is 9.69 Å². The monoisotopic (exact) mass is 447 g/mol. The van der Waals surface area contributed by atoms with Gasteiger partial charge < -0.3 is 17.3 Å². The van der Waals surface area contributed by atoms with Crippen molar-refractivity contribution in [3.05, 3.63) is 107 Å². The summed E-state index contributed by atoms with van der Waals surface area (Å²) in [6.07, 6.45) is 0. The van der Waals surface area contributed by atoms with Crippen LogP contribution in [0.4, 0.5) is 0 Å². The average molecular weight is 448 g/mol. The van der Waals surface area contributed by atoms with E-state index in [0.717, 1.165) is 31.7 Å². The van der Waals surface area contributed by atoms with Gasteiger partial charge in [-0.25, -0.2) is 0 Å². The molecule has 0 saturated carbocycles. The fourth-order valence-electron chi connectivity index (χ4n) is 4.36. The molecule has 0 atom stereocenters. The van der Waals surface area contributed by atoms with Crippen LogP contribution in [0.1, 0.15) is 53.9 Å². The van der Waals surface area contributed by atoms with E-state index in [1.807, 2.05) is 17.0 Å². The van der Waals surface area contributed by atoms with Crippen LogP contribution in [0.2, 0.25) is 0 Å². The van der Waals surface area contributed by atoms with E-state index in [9.17, 15) is 4.79 Å². The molecule has 3 nitrogen and oxygen atoms in total. The van der Waals surface area contributed by atoms with Gasteiger partial charge >= 0.3 is 0 Å². The van der Waals surface area contributed by atoms with Gasteiger partial charge in [-0.05, 0) is 34.2 Å². The smallest absolute Gasteiger partial charge is 0.253 e. The molecular weight excluding hydrogens is 416 g/mol. The Morgan fingerprint density at radius 1 is 0.719 bits per heavy atom. The highest BCUT2D eigenvalue weighted by Crippen LogP contribution is 2.30. The van der Waals surface area contributed by atoms with Crippen molar-refractivity contribution in [2.45, 2.75) is 32.2 Å². The average Bonchev–Trinajstić information content (AvgIpc) is 2.80. The predicted octanol–water partition coefficient (Wildman–Crippen LogP) is 2.54. The molecule has 1 aliphatic rings. The van der Waals surface area contributed by atoms with E-state index in [1.165, 1.54) is 16.7 Å². The zero-order valence-corrected chi connectivity index (χ0v) is 19.9. The third-order valence-corrected chi connectivity index (χ3v) is 6.20. The Morgan fingerprint density at radius 3 is 1.62 bits per heavy atom. The molecule has 0 radical (unpaired) electrons. The van der Waals surface area contributed by atoms with E-state index >= 15 is 0 Å². The lowest BCUT2D eigenvalue weighted by atomic mass is 9.86. The summed E-state index contributed by atoms with van der Waals surface area (Å²) >= 11 is 0. The summed E-state index contributed by atoms with van der Waals surface area (Å²) < 4.78 is 0. The van der Waals surface area contributed by atoms with Gasteiger partial charge in [-0.15, -0.1) is 0 Å². The fourth-order valence-corrected chi connectivity index (χ4v) is 4.36. The molecule has 1 amide bonds. The summed E-state index contributed by atoms with van der Waals surface area (Å²) in [4.78, 5) is 17.6. The van der Waals surface area contributed by atoms with Crippen LogP contribution in [0.15, 0.2) is 84.9 Å². The molecular formula is C28H32ClN2O-. The topological polar surface area (TPSA) is 23.6 Å². The van der Waals surface area contributed by atoms with Gasteiger partial charge in [-0.1, -0.05) is 93.6 Å². The number of amides is 1. The van der Waals surface area contributed by atoms with Gasteiger partial charge in [0.25, 0.3) is 5.91 Å². The maximum absolute atomic E-state index is 13.1. The fraction of sp³-hybridized carbons (Fsp3) is 0.321. The normalized spacial score (nSPS) is 14.8. The number of hydrogen-bond acceptors (Lipinski definition) is 2. The van der Waals surface area contributed by atoms with Crippen molar-refractivity contribution in [3.63, 3.8) is 0 Å². The Morgan fingerprint density at radius 2 is 1.19 bits per heavy atom. The lowest BCUT2D eigenvalue weighted by molar-refractivity contribution is -0.0000174. The largest absolute Gasteiger partial charge is 1.00 e. The zero-order chi connectivity index (χ0) is 21.8. The number of benzene rings is 3. The third kappa shape index (κ3) is 5.40.